The lowest BCUT2D eigenvalue weighted by atomic mass is 10.1. The molecule has 1 unspecified atom stereocenters. The van der Waals surface area contributed by atoms with Crippen LogP contribution in [0.2, 0.25) is 0 Å². The predicted molar refractivity (Wildman–Crippen MR) is 251 cm³/mol. The van der Waals surface area contributed by atoms with E-state index in [4.69, 9.17) is 14.2 Å². The second-order valence-corrected chi connectivity index (χ2v) is 15.7. The van der Waals surface area contributed by atoms with Gasteiger partial charge in [0.15, 0.2) is 6.10 Å². The summed E-state index contributed by atoms with van der Waals surface area (Å²) < 4.78 is 16.7. The third-order valence-electron chi connectivity index (χ3n) is 9.93. The molecule has 0 aliphatic carbocycles. The Morgan fingerprint density at radius 1 is 0.373 bits per heavy atom. The van der Waals surface area contributed by atoms with Crippen molar-refractivity contribution in [2.45, 2.75) is 219 Å². The Morgan fingerprint density at radius 3 is 1.24 bits per heavy atom. The first-order valence-corrected chi connectivity index (χ1v) is 24.1. The summed E-state index contributed by atoms with van der Waals surface area (Å²) in [7, 11) is 0. The molecule has 0 aliphatic heterocycles. The lowest BCUT2D eigenvalue weighted by molar-refractivity contribution is -0.167. The molecule has 1 atom stereocenters. The van der Waals surface area contributed by atoms with Crippen LogP contribution < -0.4 is 0 Å². The molecule has 0 rings (SSSR count). The van der Waals surface area contributed by atoms with Gasteiger partial charge in [0.1, 0.15) is 13.2 Å². The summed E-state index contributed by atoms with van der Waals surface area (Å²) in [4.78, 5) is 37.9. The number of unbranched alkanes of at least 4 members (excludes halogenated alkanes) is 19. The smallest absolute Gasteiger partial charge is 0.306 e. The molecule has 0 saturated heterocycles. The highest BCUT2D eigenvalue weighted by Gasteiger charge is 2.19. The number of hydrogen-bond donors (Lipinski definition) is 0. The molecule has 0 aliphatic rings. The lowest BCUT2D eigenvalue weighted by Gasteiger charge is -2.18. The average molecular weight is 821 g/mol. The van der Waals surface area contributed by atoms with Crippen LogP contribution in [-0.4, -0.2) is 37.2 Å². The van der Waals surface area contributed by atoms with Gasteiger partial charge in [0.05, 0.1) is 0 Å². The molecule has 0 heterocycles. The Bertz CT molecular complexity index is 1170. The van der Waals surface area contributed by atoms with Crippen LogP contribution in [0.25, 0.3) is 0 Å². The zero-order valence-electron chi connectivity index (χ0n) is 38.2. The Morgan fingerprint density at radius 2 is 0.746 bits per heavy atom. The van der Waals surface area contributed by atoms with E-state index in [1.54, 1.807) is 0 Å². The van der Waals surface area contributed by atoms with Crippen LogP contribution in [0.3, 0.4) is 0 Å². The van der Waals surface area contributed by atoms with Gasteiger partial charge >= 0.3 is 17.9 Å². The van der Waals surface area contributed by atoms with Crippen molar-refractivity contribution >= 4 is 17.9 Å². The molecule has 0 aromatic carbocycles. The second-order valence-electron chi connectivity index (χ2n) is 15.7. The van der Waals surface area contributed by atoms with Gasteiger partial charge in [-0.25, -0.2) is 0 Å². The number of hydrogen-bond acceptors (Lipinski definition) is 6. The van der Waals surface area contributed by atoms with E-state index in [0.717, 1.165) is 109 Å². The molecule has 0 aromatic heterocycles. The number of ether oxygens (including phenoxy) is 3. The minimum atomic E-state index is -0.795. The molecule has 6 nitrogen and oxygen atoms in total. The summed E-state index contributed by atoms with van der Waals surface area (Å²) in [5.41, 5.74) is 0. The maximum absolute atomic E-state index is 12.8. The van der Waals surface area contributed by atoms with Crippen molar-refractivity contribution in [3.8, 4) is 0 Å². The number of carbonyl (C=O) groups excluding carboxylic acids is 3. The fourth-order valence-electron chi connectivity index (χ4n) is 6.33. The van der Waals surface area contributed by atoms with Crippen LogP contribution in [0.15, 0.2) is 85.1 Å². The number of esters is 3. The Labute approximate surface area is 363 Å². The van der Waals surface area contributed by atoms with Crippen molar-refractivity contribution in [3.63, 3.8) is 0 Å². The molecule has 0 aromatic rings. The van der Waals surface area contributed by atoms with Crippen molar-refractivity contribution in [2.75, 3.05) is 13.2 Å². The van der Waals surface area contributed by atoms with Gasteiger partial charge in [0, 0.05) is 19.3 Å². The highest BCUT2D eigenvalue weighted by molar-refractivity contribution is 5.71. The fraction of sp³-hybridized carbons (Fsp3) is 0.679. The van der Waals surface area contributed by atoms with Crippen LogP contribution >= 0.6 is 0 Å². The van der Waals surface area contributed by atoms with E-state index in [1.165, 1.54) is 64.2 Å². The van der Waals surface area contributed by atoms with Gasteiger partial charge in [-0.2, -0.15) is 0 Å². The molecule has 0 N–H and O–H groups in total. The molecule has 0 bridgehead atoms. The monoisotopic (exact) mass is 821 g/mol. The lowest BCUT2D eigenvalue weighted by Crippen LogP contribution is -2.30. The van der Waals surface area contributed by atoms with E-state index in [9.17, 15) is 14.4 Å². The van der Waals surface area contributed by atoms with Crippen LogP contribution in [0.4, 0.5) is 0 Å². The standard InChI is InChI=1S/C53H88O6/c1-4-7-10-13-16-19-22-25-27-29-31-34-37-40-43-46-52(55)58-49-50(48-57-51(54)45-42-39-36-33-30-24-21-18-15-12-9-6-3)59-53(56)47-44-41-38-35-32-28-26-23-20-17-14-11-8-5-2/h7-8,10-11,13,16-22,26,28,50H,4-6,9,12,14-15,23-25,27,29-49H2,1-3H3/b10-7-,11-8-,16-13-,20-17-,21-18-,22-19-,28-26-. The predicted octanol–water partition coefficient (Wildman–Crippen LogP) is 15.6. The first-order chi connectivity index (χ1) is 29.0. The topological polar surface area (TPSA) is 78.9 Å². The molecule has 6 heteroatoms. The van der Waals surface area contributed by atoms with Crippen molar-refractivity contribution in [1.82, 2.24) is 0 Å². The summed E-state index contributed by atoms with van der Waals surface area (Å²) in [6, 6.07) is 0. The van der Waals surface area contributed by atoms with E-state index in [0.29, 0.717) is 19.3 Å². The van der Waals surface area contributed by atoms with E-state index in [-0.39, 0.29) is 31.1 Å². The summed E-state index contributed by atoms with van der Waals surface area (Å²) in [5.74, 6) is -0.943. The number of carbonyl (C=O) groups is 3. The number of allylic oxidation sites excluding steroid dienone is 14. The second kappa shape index (κ2) is 47.3. The van der Waals surface area contributed by atoms with Crippen LogP contribution in [0, 0.1) is 0 Å². The van der Waals surface area contributed by atoms with Gasteiger partial charge in [0.25, 0.3) is 0 Å². The molecule has 0 fully saturated rings. The molecule has 0 amide bonds. The summed E-state index contributed by atoms with van der Waals surface area (Å²) >= 11 is 0. The maximum Gasteiger partial charge on any atom is 0.306 e. The minimum absolute atomic E-state index is 0.0950. The Kier molecular flexibility index (Phi) is 44.5. The summed E-state index contributed by atoms with van der Waals surface area (Å²) in [5, 5.41) is 0. The van der Waals surface area contributed by atoms with Crippen LogP contribution in [-0.2, 0) is 28.6 Å². The van der Waals surface area contributed by atoms with Crippen LogP contribution in [0.1, 0.15) is 213 Å². The van der Waals surface area contributed by atoms with Crippen molar-refractivity contribution in [1.29, 1.82) is 0 Å². The average Bonchev–Trinajstić information content (AvgIpc) is 3.23. The molecule has 336 valence electrons. The molecule has 59 heavy (non-hydrogen) atoms. The normalized spacial score (nSPS) is 12.8. The van der Waals surface area contributed by atoms with E-state index >= 15 is 0 Å². The summed E-state index contributed by atoms with van der Waals surface area (Å²) in [6.45, 7) is 6.32. The SMILES string of the molecule is CC\C=C/C=C\C=C/CCCCCCCCCC(=O)OCC(COC(=O)CCCCCCC/C=C\CCCCC)OC(=O)CCCCCC/C=C\C/C=C\C/C=C\CC. The van der Waals surface area contributed by atoms with Gasteiger partial charge in [-0.1, -0.05) is 183 Å². The maximum atomic E-state index is 12.8. The first kappa shape index (κ1) is 55.6. The quantitative estimate of drug-likeness (QED) is 0.0201. The van der Waals surface area contributed by atoms with Gasteiger partial charge in [-0.15, -0.1) is 0 Å². The molecular weight excluding hydrogens is 733 g/mol. The Hall–Kier alpha value is -3.41. The third kappa shape index (κ3) is 45.5. The highest BCUT2D eigenvalue weighted by atomic mass is 16.6. The van der Waals surface area contributed by atoms with E-state index in [2.05, 4.69) is 106 Å². The minimum Gasteiger partial charge on any atom is -0.462 e. The van der Waals surface area contributed by atoms with Gasteiger partial charge in [-0.3, -0.25) is 14.4 Å². The van der Waals surface area contributed by atoms with Gasteiger partial charge < -0.3 is 14.2 Å². The molecule has 0 radical (unpaired) electrons. The largest absolute Gasteiger partial charge is 0.462 e. The first-order valence-electron chi connectivity index (χ1n) is 24.1. The van der Waals surface area contributed by atoms with E-state index in [1.807, 2.05) is 0 Å². The molecule has 0 spiro atoms. The van der Waals surface area contributed by atoms with Crippen molar-refractivity contribution in [3.05, 3.63) is 85.1 Å². The van der Waals surface area contributed by atoms with Crippen molar-refractivity contribution in [2.24, 2.45) is 0 Å². The van der Waals surface area contributed by atoms with Gasteiger partial charge in [-0.05, 0) is 96.3 Å². The Balaban J connectivity index is 4.46. The number of rotatable bonds is 42. The third-order valence-corrected chi connectivity index (χ3v) is 9.93. The van der Waals surface area contributed by atoms with Crippen LogP contribution in [0.5, 0.6) is 0 Å². The van der Waals surface area contributed by atoms with Gasteiger partial charge in [0.2, 0.25) is 0 Å². The van der Waals surface area contributed by atoms with Crippen molar-refractivity contribution < 1.29 is 28.6 Å². The zero-order chi connectivity index (χ0) is 43.0. The zero-order valence-corrected chi connectivity index (χ0v) is 38.2. The fourth-order valence-corrected chi connectivity index (χ4v) is 6.33. The van der Waals surface area contributed by atoms with E-state index < -0.39 is 6.10 Å². The summed E-state index contributed by atoms with van der Waals surface area (Å²) in [6.07, 6.45) is 59.9. The molecular formula is C53H88O6. The highest BCUT2D eigenvalue weighted by Crippen LogP contribution is 2.13. The molecule has 0 saturated carbocycles.